The van der Waals surface area contributed by atoms with Gasteiger partial charge in [-0.2, -0.15) is 0 Å². The number of ether oxygens (including phenoxy) is 2. The summed E-state index contributed by atoms with van der Waals surface area (Å²) in [7, 11) is 0. The number of alkyl halides is 3. The lowest BCUT2D eigenvalue weighted by atomic mass is 9.86. The van der Waals surface area contributed by atoms with Gasteiger partial charge in [0.05, 0.1) is 15.9 Å². The number of aliphatic hydroxyl groups is 1. The number of carboxylic acids is 1. The lowest BCUT2D eigenvalue weighted by Crippen LogP contribution is -2.53. The largest absolute Gasteiger partial charge is 0.573 e. The van der Waals surface area contributed by atoms with Crippen LogP contribution in [0.2, 0.25) is 0 Å². The number of aliphatic hydroxyl groups excluding tert-OH is 1. The number of nitrogens with zero attached hydrogens (tertiary/aromatic N) is 2. The summed E-state index contributed by atoms with van der Waals surface area (Å²) in [6.45, 7) is 6.39. The number of carbonyl (C=O) groups is 2. The zero-order valence-corrected chi connectivity index (χ0v) is 23.5. The molecule has 1 aliphatic heterocycles. The monoisotopic (exact) mass is 621 g/mol. The summed E-state index contributed by atoms with van der Waals surface area (Å²) in [6, 6.07) is 10.00. The molecule has 234 valence electrons. The number of carboxylic acid groups (broad SMARTS) is 1. The number of nitro groups is 2. The molecule has 0 fully saturated rings. The zero-order chi connectivity index (χ0) is 33.1. The van der Waals surface area contributed by atoms with E-state index in [1.54, 1.807) is 13.8 Å². The molecule has 0 bridgehead atoms. The molecule has 0 saturated heterocycles. The average molecular weight is 622 g/mol. The Hall–Kier alpha value is -5.25. The number of hydrogen-bond acceptors (Lipinski definition) is 9. The number of amides is 1. The fraction of sp³-hybridized carbons (Fsp3) is 0.286. The van der Waals surface area contributed by atoms with E-state index in [2.05, 4.69) is 10.1 Å². The number of rotatable bonds is 6. The molecule has 1 aliphatic rings. The van der Waals surface area contributed by atoms with Gasteiger partial charge < -0.3 is 25.0 Å². The van der Waals surface area contributed by atoms with Gasteiger partial charge in [-0.3, -0.25) is 25.0 Å². The second-order valence-electron chi connectivity index (χ2n) is 10.2. The van der Waals surface area contributed by atoms with Crippen LogP contribution in [0.1, 0.15) is 57.3 Å². The number of nitrogens with one attached hydrogen (secondary N) is 1. The second-order valence-corrected chi connectivity index (χ2v) is 10.2. The van der Waals surface area contributed by atoms with Crippen molar-refractivity contribution in [2.24, 2.45) is 0 Å². The number of hydrogen-bond donors (Lipinski definition) is 3. The molecule has 0 saturated carbocycles. The second kappa shape index (κ2) is 12.5. The Balaban J connectivity index is 0.000000340. The van der Waals surface area contributed by atoms with E-state index in [-0.39, 0.29) is 28.1 Å². The molecular weight excluding hydrogens is 595 g/mol. The van der Waals surface area contributed by atoms with Crippen molar-refractivity contribution in [3.63, 3.8) is 0 Å². The van der Waals surface area contributed by atoms with Crippen LogP contribution in [0, 0.1) is 34.1 Å². The molecule has 0 aliphatic carbocycles. The lowest BCUT2D eigenvalue weighted by molar-refractivity contribution is -0.385. The van der Waals surface area contributed by atoms with Crippen LogP contribution in [-0.2, 0) is 0 Å². The number of benzene rings is 3. The van der Waals surface area contributed by atoms with Gasteiger partial charge in [-0.05, 0) is 69.2 Å². The third-order valence-corrected chi connectivity index (χ3v) is 6.41. The molecule has 0 radical (unpaired) electrons. The van der Waals surface area contributed by atoms with Crippen molar-refractivity contribution in [1.29, 1.82) is 0 Å². The van der Waals surface area contributed by atoms with Crippen LogP contribution in [0.25, 0.3) is 0 Å². The number of aromatic carboxylic acids is 1. The van der Waals surface area contributed by atoms with E-state index in [1.165, 1.54) is 56.3 Å². The molecule has 3 aromatic rings. The summed E-state index contributed by atoms with van der Waals surface area (Å²) in [5.41, 5.74) is -1.24. The smallest absolute Gasteiger partial charge is 0.485 e. The van der Waals surface area contributed by atoms with Crippen molar-refractivity contribution in [1.82, 2.24) is 5.32 Å². The summed E-state index contributed by atoms with van der Waals surface area (Å²) in [4.78, 5) is 43.7. The zero-order valence-electron chi connectivity index (χ0n) is 23.5. The molecule has 0 unspecified atom stereocenters. The van der Waals surface area contributed by atoms with Crippen molar-refractivity contribution in [3.05, 3.63) is 103 Å². The summed E-state index contributed by atoms with van der Waals surface area (Å²) in [5.74, 6) is -2.59. The molecule has 13 nitrogen and oxygen atoms in total. The highest BCUT2D eigenvalue weighted by atomic mass is 19.4. The number of fused-ring (bicyclic) bond motifs is 1. The van der Waals surface area contributed by atoms with E-state index in [9.17, 15) is 48.1 Å². The van der Waals surface area contributed by atoms with Crippen molar-refractivity contribution in [2.45, 2.75) is 51.8 Å². The minimum Gasteiger partial charge on any atom is -0.485 e. The predicted molar refractivity (Wildman–Crippen MR) is 147 cm³/mol. The van der Waals surface area contributed by atoms with Gasteiger partial charge >= 0.3 is 12.3 Å². The van der Waals surface area contributed by atoms with Gasteiger partial charge in [0.25, 0.3) is 17.3 Å². The van der Waals surface area contributed by atoms with Crippen molar-refractivity contribution < 1.29 is 52.3 Å². The van der Waals surface area contributed by atoms with Crippen LogP contribution in [0.4, 0.5) is 24.5 Å². The Bertz CT molecular complexity index is 1620. The fourth-order valence-corrected chi connectivity index (χ4v) is 4.32. The molecule has 1 amide bonds. The minimum absolute atomic E-state index is 0.0391. The topological polar surface area (TPSA) is 191 Å². The van der Waals surface area contributed by atoms with Crippen molar-refractivity contribution in [2.75, 3.05) is 0 Å². The summed E-state index contributed by atoms with van der Waals surface area (Å²) >= 11 is 0. The van der Waals surface area contributed by atoms with Gasteiger partial charge in [0.1, 0.15) is 34.3 Å². The van der Waals surface area contributed by atoms with E-state index in [0.29, 0.717) is 11.1 Å². The molecule has 4 rings (SSSR count). The molecule has 0 spiro atoms. The Morgan fingerprint density at radius 1 is 0.932 bits per heavy atom. The van der Waals surface area contributed by atoms with Gasteiger partial charge in [0.2, 0.25) is 0 Å². The molecule has 3 aromatic carbocycles. The summed E-state index contributed by atoms with van der Waals surface area (Å²) < 4.78 is 47.5. The number of aryl methyl sites for hydroxylation is 2. The molecular formula is C28H26F3N3O10. The van der Waals surface area contributed by atoms with E-state index in [1.807, 2.05) is 0 Å². The molecule has 44 heavy (non-hydrogen) atoms. The maximum absolute atomic E-state index is 12.9. The first kappa shape index (κ1) is 33.3. The highest BCUT2D eigenvalue weighted by Gasteiger charge is 2.44. The molecule has 3 N–H and O–H groups in total. The molecule has 1 heterocycles. The van der Waals surface area contributed by atoms with Crippen LogP contribution >= 0.6 is 0 Å². The quantitative estimate of drug-likeness (QED) is 0.237. The van der Waals surface area contributed by atoms with Crippen LogP contribution in [0.15, 0.2) is 54.6 Å². The van der Waals surface area contributed by atoms with Crippen LogP contribution in [-0.4, -0.2) is 50.0 Å². The fourth-order valence-electron chi connectivity index (χ4n) is 4.32. The minimum atomic E-state index is -4.94. The third kappa shape index (κ3) is 7.77. The average Bonchev–Trinajstić information content (AvgIpc) is 2.90. The van der Waals surface area contributed by atoms with Gasteiger partial charge in [-0.15, -0.1) is 13.2 Å². The van der Waals surface area contributed by atoms with E-state index < -0.39 is 57.3 Å². The Morgan fingerprint density at radius 3 is 1.95 bits per heavy atom. The summed E-state index contributed by atoms with van der Waals surface area (Å²) in [5, 5.41) is 43.6. The molecule has 0 aromatic heterocycles. The van der Waals surface area contributed by atoms with Gasteiger partial charge in [-0.25, -0.2) is 4.79 Å². The number of halogens is 3. The van der Waals surface area contributed by atoms with Crippen molar-refractivity contribution >= 4 is 23.3 Å². The number of nitro benzene ring substituents is 2. The highest BCUT2D eigenvalue weighted by Crippen LogP contribution is 2.42. The highest BCUT2D eigenvalue weighted by molar-refractivity contribution is 5.98. The molecule has 16 heteroatoms. The maximum atomic E-state index is 12.9. The maximum Gasteiger partial charge on any atom is 0.573 e. The normalized spacial score (nSPS) is 16.7. The van der Waals surface area contributed by atoms with E-state index >= 15 is 0 Å². The van der Waals surface area contributed by atoms with Gasteiger partial charge in [0.15, 0.2) is 0 Å². The van der Waals surface area contributed by atoms with Gasteiger partial charge in [0, 0.05) is 17.7 Å². The first-order valence-corrected chi connectivity index (χ1v) is 12.6. The number of carbonyl (C=O) groups excluding carboxylic acids is 1. The Kier molecular flexibility index (Phi) is 9.48. The first-order chi connectivity index (χ1) is 20.3. The Morgan fingerprint density at radius 2 is 1.45 bits per heavy atom. The van der Waals surface area contributed by atoms with Crippen LogP contribution in [0.5, 0.6) is 11.5 Å². The predicted octanol–water partition coefficient (Wildman–Crippen LogP) is 5.41. The SMILES string of the molecule is Cc1ccc([N+](=O)[O-])c(C(=O)N[C@@H]2c3cc(OC(F)(F)F)ccc3OC(C)(C)[C@H]2O)c1.Cc1ccc([N+](=O)[O-])c(C(=O)O)c1. The van der Waals surface area contributed by atoms with Crippen LogP contribution in [0.3, 0.4) is 0 Å². The van der Waals surface area contributed by atoms with E-state index in [0.717, 1.165) is 12.1 Å². The lowest BCUT2D eigenvalue weighted by Gasteiger charge is -2.42. The van der Waals surface area contributed by atoms with Crippen molar-refractivity contribution in [3.8, 4) is 11.5 Å². The molecule has 2 atom stereocenters. The first-order valence-electron chi connectivity index (χ1n) is 12.6. The Labute approximate surface area is 247 Å². The van der Waals surface area contributed by atoms with E-state index in [4.69, 9.17) is 9.84 Å². The van der Waals surface area contributed by atoms with Gasteiger partial charge in [-0.1, -0.05) is 12.1 Å². The standard InChI is InChI=1S/C20H19F3N2O6.C8H7NO4/c1-10-4-6-14(25(28)29)12(8-10)18(27)24-16-13-9-11(30-20(21,22)23)5-7-15(13)31-19(2,3)17(16)26;1-5-2-3-7(9(12)13)6(4-5)8(10)11/h4-9,16-17,26H,1-3H3,(H,24,27);2-4H,1H3,(H,10,11)/t16-,17+;/m1./s1. The summed E-state index contributed by atoms with van der Waals surface area (Å²) in [6.07, 6.45) is -6.32. The van der Waals surface area contributed by atoms with Crippen LogP contribution < -0.4 is 14.8 Å². The third-order valence-electron chi connectivity index (χ3n) is 6.41.